The summed E-state index contributed by atoms with van der Waals surface area (Å²) in [5.74, 6) is 0. The van der Waals surface area contributed by atoms with Crippen molar-refractivity contribution < 1.29 is 56.8 Å². The molecule has 0 fully saturated rings. The minimum Gasteiger partial charge on any atom is -0.724 e. The van der Waals surface area contributed by atoms with Crippen molar-refractivity contribution in [1.29, 1.82) is 0 Å². The van der Waals surface area contributed by atoms with Gasteiger partial charge in [0, 0.05) is 0 Å². The molecule has 15 heavy (non-hydrogen) atoms. The Kier molecular flexibility index (Phi) is 10.3. The van der Waals surface area contributed by atoms with Crippen LogP contribution in [0.3, 0.4) is 0 Å². The molecule has 0 unspecified atom stereocenters. The number of rotatable bonds is 3. The van der Waals surface area contributed by atoms with E-state index in [4.69, 9.17) is 15.3 Å². The molecule has 0 aliphatic heterocycles. The molecular weight excluding hydrogens is 310 g/mol. The second-order valence-electron chi connectivity index (χ2n) is 1.18. The first-order valence-electron chi connectivity index (χ1n) is 2.05. The maximum absolute atomic E-state index is 9.37. The molecule has 0 rings (SSSR count). The standard InChI is InChI=1S/Fe.NO3.H2O8S2/c;2-1(3)4;1-9(2,3)7-8-10(4,5)6/h;;(H,1,2,3)(H,4,5,6)/q+3;-1;/p-2. The minimum atomic E-state index is -5.31. The van der Waals surface area contributed by atoms with E-state index in [1.165, 1.54) is 0 Å². The Morgan fingerprint density at radius 3 is 1.07 bits per heavy atom. The maximum Gasteiger partial charge on any atom is 3.00 e. The van der Waals surface area contributed by atoms with Gasteiger partial charge in [-0.15, -0.1) is 8.67 Å². The van der Waals surface area contributed by atoms with Gasteiger partial charge < -0.3 is 24.4 Å². The Balaban J connectivity index is -0.000000249. The molecule has 0 aromatic heterocycles. The first-order valence-corrected chi connectivity index (χ1v) is 4.71. The van der Waals surface area contributed by atoms with Gasteiger partial charge in [0.1, 0.15) is 0 Å². The van der Waals surface area contributed by atoms with E-state index in [1.54, 1.807) is 0 Å². The third-order valence-corrected chi connectivity index (χ3v) is 0.750. The van der Waals surface area contributed by atoms with Crippen LogP contribution in [0.2, 0.25) is 0 Å². The van der Waals surface area contributed by atoms with Gasteiger partial charge in [-0.2, -0.15) is 0 Å². The average molecular weight is 310 g/mol. The van der Waals surface area contributed by atoms with Crippen molar-refractivity contribution in [3.8, 4) is 0 Å². The fourth-order valence-electron chi connectivity index (χ4n) is 0.0680. The SMILES string of the molecule is O=S(=O)([O-])OOS(=O)(=O)[O-].O=[N+]([O-])[O-].[Fe+3]. The van der Waals surface area contributed by atoms with Crippen molar-refractivity contribution in [3.05, 3.63) is 15.3 Å². The zero-order valence-corrected chi connectivity index (χ0v) is 8.85. The molecule has 0 bridgehead atoms. The van der Waals surface area contributed by atoms with Crippen LogP contribution in [0, 0.1) is 15.3 Å². The average Bonchev–Trinajstić information content (AvgIpc) is 1.79. The van der Waals surface area contributed by atoms with E-state index in [2.05, 4.69) is 8.67 Å². The van der Waals surface area contributed by atoms with Crippen LogP contribution >= 0.6 is 0 Å². The van der Waals surface area contributed by atoms with E-state index in [1.807, 2.05) is 0 Å². The molecule has 91 valence electrons. The van der Waals surface area contributed by atoms with Gasteiger partial charge in [0.2, 0.25) is 20.8 Å². The van der Waals surface area contributed by atoms with Crippen molar-refractivity contribution in [3.63, 3.8) is 0 Å². The van der Waals surface area contributed by atoms with E-state index in [0.29, 0.717) is 0 Å². The minimum absolute atomic E-state index is 0. The van der Waals surface area contributed by atoms with Gasteiger partial charge in [-0.25, -0.2) is 16.8 Å². The molecule has 1 radical (unpaired) electrons. The van der Waals surface area contributed by atoms with Crippen LogP contribution in [0.25, 0.3) is 0 Å². The Labute approximate surface area is 93.2 Å². The maximum atomic E-state index is 9.37. The number of nitrogens with zero attached hydrogens (tertiary/aromatic N) is 1. The van der Waals surface area contributed by atoms with Crippen LogP contribution in [0.4, 0.5) is 0 Å². The summed E-state index contributed by atoms with van der Waals surface area (Å²) >= 11 is 0. The molecular formula is FeNO11S2. The topological polar surface area (TPSA) is 199 Å². The van der Waals surface area contributed by atoms with Gasteiger partial charge in [0.15, 0.2) is 0 Å². The zero-order valence-electron chi connectivity index (χ0n) is 6.11. The molecule has 0 spiro atoms. The number of hydrogen-bond donors (Lipinski definition) is 0. The van der Waals surface area contributed by atoms with Crippen molar-refractivity contribution in [1.82, 2.24) is 0 Å². The van der Waals surface area contributed by atoms with Gasteiger partial charge in [-0.3, -0.25) is 0 Å². The van der Waals surface area contributed by atoms with E-state index >= 15 is 0 Å². The van der Waals surface area contributed by atoms with Gasteiger partial charge >= 0.3 is 17.1 Å². The Morgan fingerprint density at radius 2 is 1.00 bits per heavy atom. The summed E-state index contributed by atoms with van der Waals surface area (Å²) in [6.45, 7) is 0. The van der Waals surface area contributed by atoms with Crippen LogP contribution in [-0.4, -0.2) is 31.0 Å². The smallest absolute Gasteiger partial charge is 0.724 e. The molecule has 0 atom stereocenters. The second-order valence-corrected chi connectivity index (χ2v) is 3.08. The van der Waals surface area contributed by atoms with Crippen molar-refractivity contribution in [2.75, 3.05) is 0 Å². The van der Waals surface area contributed by atoms with Gasteiger partial charge in [0.05, 0.1) is 5.09 Å². The second kappa shape index (κ2) is 7.71. The molecule has 0 aliphatic rings. The normalized spacial score (nSPS) is 10.5. The molecule has 0 N–H and O–H groups in total. The van der Waals surface area contributed by atoms with Gasteiger partial charge in [-0.1, -0.05) is 0 Å². The van der Waals surface area contributed by atoms with Gasteiger partial charge in [-0.05, 0) is 0 Å². The third kappa shape index (κ3) is 42.4. The summed E-state index contributed by atoms with van der Waals surface area (Å²) < 4.78 is 61.5. The summed E-state index contributed by atoms with van der Waals surface area (Å²) in [5.41, 5.74) is 0. The van der Waals surface area contributed by atoms with E-state index in [9.17, 15) is 25.9 Å². The molecule has 15 heteroatoms. The van der Waals surface area contributed by atoms with Crippen molar-refractivity contribution >= 4 is 20.8 Å². The van der Waals surface area contributed by atoms with Gasteiger partial charge in [0.25, 0.3) is 0 Å². The van der Waals surface area contributed by atoms with Crippen LogP contribution in [0.15, 0.2) is 0 Å². The molecule has 0 saturated carbocycles. The monoisotopic (exact) mass is 310 g/mol. The van der Waals surface area contributed by atoms with E-state index < -0.39 is 25.9 Å². The van der Waals surface area contributed by atoms with Crippen LogP contribution in [-0.2, 0) is 46.5 Å². The first kappa shape index (κ1) is 19.9. The zero-order chi connectivity index (χ0) is 12.0. The Morgan fingerprint density at radius 1 is 0.867 bits per heavy atom. The first-order chi connectivity index (χ1) is 5.94. The summed E-state index contributed by atoms with van der Waals surface area (Å²) in [7, 11) is -10.6. The molecule has 0 heterocycles. The van der Waals surface area contributed by atoms with Crippen LogP contribution in [0.1, 0.15) is 0 Å². The quantitative estimate of drug-likeness (QED) is 0.134. The van der Waals surface area contributed by atoms with E-state index in [0.717, 1.165) is 0 Å². The summed E-state index contributed by atoms with van der Waals surface area (Å²) in [6.07, 6.45) is 0. The van der Waals surface area contributed by atoms with Crippen LogP contribution < -0.4 is 0 Å². The molecule has 12 nitrogen and oxygen atoms in total. The third-order valence-electron chi connectivity index (χ3n) is 0.194. The van der Waals surface area contributed by atoms with E-state index in [-0.39, 0.29) is 17.1 Å². The summed E-state index contributed by atoms with van der Waals surface area (Å²) in [5, 5.41) is 14.8. The molecule has 0 aromatic rings. The van der Waals surface area contributed by atoms with Crippen molar-refractivity contribution in [2.24, 2.45) is 0 Å². The fourth-order valence-corrected chi connectivity index (χ4v) is 0.612. The summed E-state index contributed by atoms with van der Waals surface area (Å²) in [4.78, 5) is 8.25. The molecule has 0 saturated heterocycles. The predicted octanol–water partition coefficient (Wildman–Crippen LogP) is -2.39. The molecule has 0 amide bonds. The number of hydrogen-bond acceptors (Lipinski definition) is 11. The fraction of sp³-hybridized carbons (Fsp3) is 0. The van der Waals surface area contributed by atoms with Crippen molar-refractivity contribution in [2.45, 2.75) is 0 Å². The largest absolute Gasteiger partial charge is 3.00 e. The molecule has 0 aliphatic carbocycles. The summed E-state index contributed by atoms with van der Waals surface area (Å²) in [6, 6.07) is 0. The van der Waals surface area contributed by atoms with Crippen LogP contribution in [0.5, 0.6) is 0 Å². The molecule has 0 aromatic carbocycles. The Hall–Kier alpha value is -0.541. The predicted molar refractivity (Wildman–Crippen MR) is 31.9 cm³/mol. The Bertz CT molecular complexity index is 325.